The van der Waals surface area contributed by atoms with Gasteiger partial charge in [-0.15, -0.1) is 5.10 Å². The van der Waals surface area contributed by atoms with Gasteiger partial charge in [0.15, 0.2) is 5.82 Å². The third-order valence-electron chi connectivity index (χ3n) is 5.06. The second-order valence-corrected chi connectivity index (χ2v) is 7.08. The third kappa shape index (κ3) is 4.12. The van der Waals surface area contributed by atoms with E-state index in [9.17, 15) is 4.79 Å². The number of benzene rings is 2. The molecule has 29 heavy (non-hydrogen) atoms. The summed E-state index contributed by atoms with van der Waals surface area (Å²) >= 11 is 0. The molecule has 0 aliphatic carbocycles. The Labute approximate surface area is 169 Å². The molecule has 0 atom stereocenters. The summed E-state index contributed by atoms with van der Waals surface area (Å²) in [6.07, 6.45) is 0. The van der Waals surface area contributed by atoms with Gasteiger partial charge in [-0.2, -0.15) is 4.68 Å². The number of amides is 1. The monoisotopic (exact) mass is 392 g/mol. The van der Waals surface area contributed by atoms with Gasteiger partial charge in [-0.3, -0.25) is 4.79 Å². The molecule has 0 unspecified atom stereocenters. The molecule has 0 saturated carbocycles. The maximum atomic E-state index is 13.1. The molecule has 3 aromatic rings. The van der Waals surface area contributed by atoms with Gasteiger partial charge in [0.2, 0.25) is 0 Å². The quantitative estimate of drug-likeness (QED) is 0.662. The second-order valence-electron chi connectivity index (χ2n) is 7.08. The van der Waals surface area contributed by atoms with Crippen LogP contribution >= 0.6 is 0 Å². The normalized spacial score (nSPS) is 14.1. The maximum absolute atomic E-state index is 13.1. The van der Waals surface area contributed by atoms with E-state index in [1.807, 2.05) is 50.4 Å². The lowest BCUT2D eigenvalue weighted by molar-refractivity contribution is 0.0785. The molecular weight excluding hydrogens is 368 g/mol. The molecule has 8 nitrogen and oxygen atoms in total. The van der Waals surface area contributed by atoms with Crippen molar-refractivity contribution in [3.05, 3.63) is 65.5 Å². The standard InChI is InChI=1S/C21H24N6O2/c1-16-22-23-24-27(16)19-8-5-7-17(14-19)21(28)25(2)15-18-6-3-4-9-20(18)26-10-12-29-13-11-26/h3-9,14H,10-13,15H2,1-2H3. The highest BCUT2D eigenvalue weighted by atomic mass is 16.5. The Bertz CT molecular complexity index is 996. The molecule has 1 fully saturated rings. The zero-order valence-corrected chi connectivity index (χ0v) is 16.7. The zero-order chi connectivity index (χ0) is 20.2. The van der Waals surface area contributed by atoms with Crippen molar-refractivity contribution in [1.29, 1.82) is 0 Å². The van der Waals surface area contributed by atoms with Crippen LogP contribution in [0.3, 0.4) is 0 Å². The average Bonchev–Trinajstić information content (AvgIpc) is 3.20. The molecule has 0 bridgehead atoms. The maximum Gasteiger partial charge on any atom is 0.253 e. The smallest absolute Gasteiger partial charge is 0.253 e. The molecule has 1 saturated heterocycles. The molecule has 0 N–H and O–H groups in total. The molecular formula is C21H24N6O2. The zero-order valence-electron chi connectivity index (χ0n) is 16.7. The van der Waals surface area contributed by atoms with Gasteiger partial charge in [0.25, 0.3) is 5.91 Å². The van der Waals surface area contributed by atoms with E-state index in [0.29, 0.717) is 17.9 Å². The van der Waals surface area contributed by atoms with Gasteiger partial charge in [-0.1, -0.05) is 24.3 Å². The van der Waals surface area contributed by atoms with Gasteiger partial charge in [0, 0.05) is 37.9 Å². The summed E-state index contributed by atoms with van der Waals surface area (Å²) in [4.78, 5) is 17.1. The fraction of sp³-hybridized carbons (Fsp3) is 0.333. The van der Waals surface area contributed by atoms with Crippen LogP contribution in [-0.4, -0.2) is 64.4 Å². The molecule has 2 heterocycles. The van der Waals surface area contributed by atoms with Crippen LogP contribution in [0.2, 0.25) is 0 Å². The highest BCUT2D eigenvalue weighted by Crippen LogP contribution is 2.23. The predicted octanol–water partition coefficient (Wildman–Crippen LogP) is 2.08. The fourth-order valence-corrected chi connectivity index (χ4v) is 3.55. The first-order chi connectivity index (χ1) is 14.1. The number of carbonyl (C=O) groups is 1. The number of tetrazole rings is 1. The van der Waals surface area contributed by atoms with Crippen LogP contribution in [-0.2, 0) is 11.3 Å². The van der Waals surface area contributed by atoms with Crippen LogP contribution in [0, 0.1) is 6.92 Å². The van der Waals surface area contributed by atoms with E-state index in [1.54, 1.807) is 9.58 Å². The van der Waals surface area contributed by atoms with Crippen LogP contribution in [0.15, 0.2) is 48.5 Å². The van der Waals surface area contributed by atoms with Gasteiger partial charge in [0.05, 0.1) is 18.9 Å². The number of morpholine rings is 1. The van der Waals surface area contributed by atoms with Gasteiger partial charge in [-0.05, 0) is 47.2 Å². The number of nitrogens with zero attached hydrogens (tertiary/aromatic N) is 6. The molecule has 150 valence electrons. The Hall–Kier alpha value is -3.26. The molecule has 8 heteroatoms. The topological polar surface area (TPSA) is 76.4 Å². The minimum atomic E-state index is -0.0469. The molecule has 4 rings (SSSR count). The highest BCUT2D eigenvalue weighted by molar-refractivity contribution is 5.94. The number of para-hydroxylation sites is 1. The largest absolute Gasteiger partial charge is 0.378 e. The van der Waals surface area contributed by atoms with Crippen molar-refractivity contribution in [1.82, 2.24) is 25.1 Å². The summed E-state index contributed by atoms with van der Waals surface area (Å²) in [5, 5.41) is 11.6. The van der Waals surface area contributed by atoms with Gasteiger partial charge in [-0.25, -0.2) is 0 Å². The van der Waals surface area contributed by atoms with E-state index in [0.717, 1.165) is 43.2 Å². The van der Waals surface area contributed by atoms with Crippen LogP contribution in [0.5, 0.6) is 0 Å². The number of aromatic nitrogens is 4. The molecule has 1 aliphatic heterocycles. The van der Waals surface area contributed by atoms with E-state index >= 15 is 0 Å². The summed E-state index contributed by atoms with van der Waals surface area (Å²) in [5.41, 5.74) is 3.65. The number of hydrogen-bond donors (Lipinski definition) is 0. The highest BCUT2D eigenvalue weighted by Gasteiger charge is 2.18. The van der Waals surface area contributed by atoms with Crippen molar-refractivity contribution in [2.24, 2.45) is 0 Å². The minimum Gasteiger partial charge on any atom is -0.378 e. The lowest BCUT2D eigenvalue weighted by Crippen LogP contribution is -2.37. The Morgan fingerprint density at radius 1 is 1.14 bits per heavy atom. The number of hydrogen-bond acceptors (Lipinski definition) is 6. The van der Waals surface area contributed by atoms with Crippen LogP contribution in [0.25, 0.3) is 5.69 Å². The number of rotatable bonds is 5. The number of carbonyl (C=O) groups excluding carboxylic acids is 1. The Balaban J connectivity index is 1.53. The molecule has 0 spiro atoms. The molecule has 1 aromatic heterocycles. The van der Waals surface area contributed by atoms with E-state index in [2.05, 4.69) is 32.6 Å². The van der Waals surface area contributed by atoms with Gasteiger partial charge in [0.1, 0.15) is 0 Å². The first-order valence-corrected chi connectivity index (χ1v) is 9.65. The SMILES string of the molecule is Cc1nnnn1-c1cccc(C(=O)N(C)Cc2ccccc2N2CCOCC2)c1. The van der Waals surface area contributed by atoms with Gasteiger partial charge < -0.3 is 14.5 Å². The van der Waals surface area contributed by atoms with E-state index < -0.39 is 0 Å². The molecule has 2 aromatic carbocycles. The van der Waals surface area contributed by atoms with E-state index in [1.165, 1.54) is 0 Å². The Kier molecular flexibility index (Phi) is 5.53. The average molecular weight is 392 g/mol. The number of anilines is 1. The van der Waals surface area contributed by atoms with Crippen molar-refractivity contribution < 1.29 is 9.53 Å². The Morgan fingerprint density at radius 3 is 2.69 bits per heavy atom. The predicted molar refractivity (Wildman–Crippen MR) is 109 cm³/mol. The lowest BCUT2D eigenvalue weighted by Gasteiger charge is -2.31. The van der Waals surface area contributed by atoms with Gasteiger partial charge >= 0.3 is 0 Å². The van der Waals surface area contributed by atoms with Crippen molar-refractivity contribution >= 4 is 11.6 Å². The Morgan fingerprint density at radius 2 is 1.93 bits per heavy atom. The third-order valence-corrected chi connectivity index (χ3v) is 5.06. The number of aryl methyl sites for hydroxylation is 1. The second kappa shape index (κ2) is 8.40. The summed E-state index contributed by atoms with van der Waals surface area (Å²) in [6.45, 7) is 5.53. The fourth-order valence-electron chi connectivity index (χ4n) is 3.55. The van der Waals surface area contributed by atoms with Crippen LogP contribution < -0.4 is 4.90 Å². The molecule has 1 amide bonds. The van der Waals surface area contributed by atoms with Crippen molar-refractivity contribution in [3.8, 4) is 5.69 Å². The minimum absolute atomic E-state index is 0.0469. The summed E-state index contributed by atoms with van der Waals surface area (Å²) < 4.78 is 7.08. The number of ether oxygens (including phenoxy) is 1. The van der Waals surface area contributed by atoms with E-state index in [-0.39, 0.29) is 5.91 Å². The molecule has 0 radical (unpaired) electrons. The van der Waals surface area contributed by atoms with Crippen LogP contribution in [0.1, 0.15) is 21.7 Å². The van der Waals surface area contributed by atoms with Crippen LogP contribution in [0.4, 0.5) is 5.69 Å². The molecule has 1 aliphatic rings. The summed E-state index contributed by atoms with van der Waals surface area (Å²) in [5.74, 6) is 0.622. The summed E-state index contributed by atoms with van der Waals surface area (Å²) in [7, 11) is 1.83. The summed E-state index contributed by atoms with van der Waals surface area (Å²) in [6, 6.07) is 15.6. The lowest BCUT2D eigenvalue weighted by atomic mass is 10.1. The van der Waals surface area contributed by atoms with E-state index in [4.69, 9.17) is 4.74 Å². The van der Waals surface area contributed by atoms with Crippen molar-refractivity contribution in [2.75, 3.05) is 38.3 Å². The van der Waals surface area contributed by atoms with Crippen molar-refractivity contribution in [3.63, 3.8) is 0 Å². The van der Waals surface area contributed by atoms with Crippen molar-refractivity contribution in [2.45, 2.75) is 13.5 Å². The first kappa shape index (κ1) is 19.1. The first-order valence-electron chi connectivity index (χ1n) is 9.65.